The molecule has 5 fully saturated rings. The molecule has 10 unspecified atom stereocenters. The van der Waals surface area contributed by atoms with Crippen LogP contribution in [0.5, 0.6) is 0 Å². The Morgan fingerprint density at radius 1 is 0.700 bits per heavy atom. The zero-order chi connectivity index (χ0) is 29.8. The molecule has 0 bridgehead atoms. The number of aliphatic hydroxyl groups is 2. The summed E-state index contributed by atoms with van der Waals surface area (Å²) in [6, 6.07) is 0. The van der Waals surface area contributed by atoms with Crippen molar-refractivity contribution in [1.29, 1.82) is 0 Å². The number of hydrogen-bond donors (Lipinski definition) is 3. The number of fused-ring (bicyclic) bond motifs is 7. The maximum Gasteiger partial charge on any atom is 0.309 e. The molecule has 8 heteroatoms. The maximum absolute atomic E-state index is 12.9. The molecule has 0 amide bonds. The molecule has 5 aliphatic rings. The predicted molar refractivity (Wildman–Crippen MR) is 146 cm³/mol. The standard InChI is InChI=1S/C32H50O8/c1-25(2)14-15-30(24(35)36)13-10-21-27(5)11-8-20-26(3,4)32(38,40-19-34)31(37,39-18-33)17-29(20,7)22(27)9-12-28(21,6)23(30)16-25/h18-23,37-38H,8-17H2,1-7H3,(H,35,36). The first-order valence-corrected chi connectivity index (χ1v) is 15.2. The molecule has 40 heavy (non-hydrogen) atoms. The van der Waals surface area contributed by atoms with Crippen LogP contribution in [0, 0.1) is 56.2 Å². The van der Waals surface area contributed by atoms with E-state index in [2.05, 4.69) is 34.6 Å². The first kappa shape index (κ1) is 29.8. The largest absolute Gasteiger partial charge is 0.481 e. The summed E-state index contributed by atoms with van der Waals surface area (Å²) in [5.41, 5.74) is -2.44. The fraction of sp³-hybridized carbons (Fsp3) is 0.906. The van der Waals surface area contributed by atoms with Crippen LogP contribution < -0.4 is 0 Å². The van der Waals surface area contributed by atoms with E-state index in [9.17, 15) is 29.7 Å². The van der Waals surface area contributed by atoms with Crippen molar-refractivity contribution in [2.24, 2.45) is 56.2 Å². The minimum Gasteiger partial charge on any atom is -0.481 e. The third-order valence-corrected chi connectivity index (χ3v) is 14.1. The van der Waals surface area contributed by atoms with Crippen LogP contribution in [-0.4, -0.2) is 45.8 Å². The average Bonchev–Trinajstić information content (AvgIpc) is 2.82. The Kier molecular flexibility index (Phi) is 6.47. The van der Waals surface area contributed by atoms with Crippen molar-refractivity contribution in [1.82, 2.24) is 0 Å². The van der Waals surface area contributed by atoms with Crippen LogP contribution in [0.15, 0.2) is 0 Å². The van der Waals surface area contributed by atoms with Crippen LogP contribution in [0.3, 0.4) is 0 Å². The van der Waals surface area contributed by atoms with Gasteiger partial charge >= 0.3 is 5.97 Å². The minimum absolute atomic E-state index is 0.0452. The highest BCUT2D eigenvalue weighted by Gasteiger charge is 2.78. The molecule has 0 aromatic rings. The molecule has 5 saturated carbocycles. The van der Waals surface area contributed by atoms with Gasteiger partial charge in [-0.05, 0) is 103 Å². The highest BCUT2D eigenvalue weighted by atomic mass is 16.7. The van der Waals surface area contributed by atoms with Gasteiger partial charge in [-0.2, -0.15) is 0 Å². The molecule has 0 aliphatic heterocycles. The SMILES string of the molecule is CC1(C)CCC2(C(=O)O)CCC3C(C)(CCC4C3(C)CCC3C4(C)CC(O)(OC=O)C(O)(OC=O)C3(C)C)C2C1. The van der Waals surface area contributed by atoms with E-state index < -0.39 is 33.8 Å². The van der Waals surface area contributed by atoms with E-state index in [1.165, 1.54) is 0 Å². The monoisotopic (exact) mass is 562 g/mol. The summed E-state index contributed by atoms with van der Waals surface area (Å²) in [6.45, 7) is 15.3. The van der Waals surface area contributed by atoms with Crippen molar-refractivity contribution < 1.29 is 39.2 Å². The third-order valence-electron chi connectivity index (χ3n) is 14.1. The Morgan fingerprint density at radius 2 is 1.23 bits per heavy atom. The number of carbonyl (C=O) groups excluding carboxylic acids is 2. The van der Waals surface area contributed by atoms with Gasteiger partial charge < -0.3 is 24.8 Å². The van der Waals surface area contributed by atoms with Crippen LogP contribution >= 0.6 is 0 Å². The van der Waals surface area contributed by atoms with Crippen molar-refractivity contribution in [3.8, 4) is 0 Å². The van der Waals surface area contributed by atoms with Gasteiger partial charge in [0.25, 0.3) is 24.5 Å². The number of aliphatic carboxylic acids is 1. The Morgan fingerprint density at radius 3 is 1.80 bits per heavy atom. The molecule has 0 aromatic heterocycles. The first-order valence-electron chi connectivity index (χ1n) is 15.2. The fourth-order valence-corrected chi connectivity index (χ4v) is 12.3. The molecular formula is C32H50O8. The molecule has 5 rings (SSSR count). The van der Waals surface area contributed by atoms with Gasteiger partial charge in [0, 0.05) is 11.8 Å². The Hall–Kier alpha value is -1.67. The van der Waals surface area contributed by atoms with E-state index in [0.717, 1.165) is 51.4 Å². The highest BCUT2D eigenvalue weighted by Crippen LogP contribution is 2.77. The van der Waals surface area contributed by atoms with E-state index in [0.29, 0.717) is 12.3 Å². The average molecular weight is 563 g/mol. The topological polar surface area (TPSA) is 130 Å². The molecule has 8 nitrogen and oxygen atoms in total. The maximum atomic E-state index is 12.9. The molecule has 0 heterocycles. The van der Waals surface area contributed by atoms with E-state index in [1.807, 2.05) is 0 Å². The molecule has 0 radical (unpaired) electrons. The van der Waals surface area contributed by atoms with Crippen molar-refractivity contribution in [2.75, 3.05) is 0 Å². The zero-order valence-electron chi connectivity index (χ0n) is 25.4. The van der Waals surface area contributed by atoms with Crippen LogP contribution in [0.2, 0.25) is 0 Å². The summed E-state index contributed by atoms with van der Waals surface area (Å²) in [4.78, 5) is 36.1. The molecule has 0 spiro atoms. The second-order valence-corrected chi connectivity index (χ2v) is 16.4. The van der Waals surface area contributed by atoms with Gasteiger partial charge in [0.2, 0.25) is 0 Å². The second kappa shape index (κ2) is 8.68. The van der Waals surface area contributed by atoms with E-state index in [1.54, 1.807) is 13.8 Å². The van der Waals surface area contributed by atoms with Crippen molar-refractivity contribution in [3.63, 3.8) is 0 Å². The van der Waals surface area contributed by atoms with Crippen LogP contribution in [0.4, 0.5) is 0 Å². The molecule has 0 saturated heterocycles. The number of ether oxygens (including phenoxy) is 2. The van der Waals surface area contributed by atoms with Gasteiger partial charge in [0.05, 0.1) is 5.41 Å². The van der Waals surface area contributed by atoms with E-state index >= 15 is 0 Å². The number of rotatable bonds is 5. The lowest BCUT2D eigenvalue weighted by Crippen LogP contribution is -2.76. The first-order chi connectivity index (χ1) is 18.3. The smallest absolute Gasteiger partial charge is 0.309 e. The Bertz CT molecular complexity index is 1090. The number of carbonyl (C=O) groups is 3. The molecule has 10 atom stereocenters. The summed E-state index contributed by atoms with van der Waals surface area (Å²) in [5.74, 6) is -4.97. The van der Waals surface area contributed by atoms with Crippen LogP contribution in [0.1, 0.15) is 113 Å². The quantitative estimate of drug-likeness (QED) is 0.305. The minimum atomic E-state index is -2.40. The van der Waals surface area contributed by atoms with Crippen LogP contribution in [-0.2, 0) is 23.9 Å². The lowest BCUT2D eigenvalue weighted by Gasteiger charge is -2.73. The Balaban J connectivity index is 1.58. The van der Waals surface area contributed by atoms with Crippen LogP contribution in [0.25, 0.3) is 0 Å². The summed E-state index contributed by atoms with van der Waals surface area (Å²) in [7, 11) is 0. The van der Waals surface area contributed by atoms with Gasteiger partial charge in [0.15, 0.2) is 0 Å². The fourth-order valence-electron chi connectivity index (χ4n) is 12.3. The molecule has 3 N–H and O–H groups in total. The van der Waals surface area contributed by atoms with Gasteiger partial charge in [0.1, 0.15) is 0 Å². The normalized spacial score (nSPS) is 52.5. The predicted octanol–water partition coefficient (Wildman–Crippen LogP) is 5.29. The van der Waals surface area contributed by atoms with Gasteiger partial charge in [-0.1, -0.05) is 48.5 Å². The summed E-state index contributed by atoms with van der Waals surface area (Å²) >= 11 is 0. The lowest BCUT2D eigenvalue weighted by atomic mass is 9.31. The van der Waals surface area contributed by atoms with Crippen molar-refractivity contribution in [3.05, 3.63) is 0 Å². The van der Waals surface area contributed by atoms with Crippen molar-refractivity contribution in [2.45, 2.75) is 124 Å². The molecular weight excluding hydrogens is 512 g/mol. The van der Waals surface area contributed by atoms with E-state index in [4.69, 9.17) is 9.47 Å². The summed E-state index contributed by atoms with van der Waals surface area (Å²) in [5, 5.41) is 34.1. The number of carboxylic acid groups (broad SMARTS) is 1. The molecule has 5 aliphatic carbocycles. The number of hydrogen-bond acceptors (Lipinski definition) is 7. The summed E-state index contributed by atoms with van der Waals surface area (Å²) in [6.07, 6.45) is 7.54. The van der Waals surface area contributed by atoms with Gasteiger partial charge in [-0.15, -0.1) is 0 Å². The number of carboxylic acids is 1. The van der Waals surface area contributed by atoms with Crippen molar-refractivity contribution >= 4 is 18.9 Å². The zero-order valence-corrected chi connectivity index (χ0v) is 25.4. The van der Waals surface area contributed by atoms with Gasteiger partial charge in [-0.3, -0.25) is 14.4 Å². The highest BCUT2D eigenvalue weighted by molar-refractivity contribution is 5.75. The summed E-state index contributed by atoms with van der Waals surface area (Å²) < 4.78 is 10.4. The third kappa shape index (κ3) is 3.47. The van der Waals surface area contributed by atoms with E-state index in [-0.39, 0.29) is 53.4 Å². The molecule has 0 aromatic carbocycles. The molecule has 226 valence electrons. The van der Waals surface area contributed by atoms with Gasteiger partial charge in [-0.25, -0.2) is 0 Å². The lowest BCUT2D eigenvalue weighted by molar-refractivity contribution is -0.438. The Labute approximate surface area is 238 Å². The second-order valence-electron chi connectivity index (χ2n) is 16.4.